The molecular weight excluding hydrogens is 302 g/mol. The maximum absolute atomic E-state index is 12.4. The van der Waals surface area contributed by atoms with Crippen molar-refractivity contribution in [2.45, 2.75) is 25.7 Å². The quantitative estimate of drug-likeness (QED) is 0.829. The lowest BCUT2D eigenvalue weighted by molar-refractivity contribution is -0.120. The van der Waals surface area contributed by atoms with Crippen LogP contribution in [0.5, 0.6) is 0 Å². The number of hydrogen-bond acceptors (Lipinski definition) is 2. The fourth-order valence-corrected chi connectivity index (χ4v) is 2.38. The number of Topliss-reactive ketones (excluding diaryl/α,β-unsaturated/α-hetero) is 1. The van der Waals surface area contributed by atoms with Crippen molar-refractivity contribution in [1.29, 1.82) is 0 Å². The van der Waals surface area contributed by atoms with Crippen LogP contribution < -0.4 is 0 Å². The molecule has 1 aromatic carbocycles. The van der Waals surface area contributed by atoms with Gasteiger partial charge < -0.3 is 0 Å². The smallest absolute Gasteiger partial charge is 0.146 e. The first kappa shape index (κ1) is 13.9. The Bertz CT molecular complexity index is 536. The van der Waals surface area contributed by atoms with Gasteiger partial charge in [0.2, 0.25) is 0 Å². The van der Waals surface area contributed by atoms with Gasteiger partial charge in [0, 0.05) is 28.7 Å². The number of pyridine rings is 1. The number of hydrogen-bond donors (Lipinski definition) is 0. The minimum absolute atomic E-state index is 0.0355. The highest BCUT2D eigenvalue weighted by atomic mass is 79.9. The van der Waals surface area contributed by atoms with Crippen molar-refractivity contribution in [1.82, 2.24) is 4.98 Å². The van der Waals surface area contributed by atoms with E-state index in [0.29, 0.717) is 6.42 Å². The summed E-state index contributed by atoms with van der Waals surface area (Å²) >= 11 is 3.34. The van der Waals surface area contributed by atoms with Gasteiger partial charge in [-0.1, -0.05) is 37.3 Å². The molecule has 0 N–H and O–H groups in total. The highest BCUT2D eigenvalue weighted by molar-refractivity contribution is 9.10. The van der Waals surface area contributed by atoms with Gasteiger partial charge in [-0.3, -0.25) is 9.78 Å². The molecule has 1 aromatic heterocycles. The van der Waals surface area contributed by atoms with Crippen LogP contribution >= 0.6 is 15.9 Å². The molecule has 0 aliphatic rings. The molecule has 0 bridgehead atoms. The predicted molar refractivity (Wildman–Crippen MR) is 80.1 cm³/mol. The molecule has 19 heavy (non-hydrogen) atoms. The van der Waals surface area contributed by atoms with Crippen LogP contribution in [0.4, 0.5) is 0 Å². The molecule has 0 saturated carbocycles. The second-order valence-electron chi connectivity index (χ2n) is 4.48. The topological polar surface area (TPSA) is 30.0 Å². The molecule has 3 heteroatoms. The summed E-state index contributed by atoms with van der Waals surface area (Å²) in [4.78, 5) is 16.6. The van der Waals surface area contributed by atoms with Gasteiger partial charge in [-0.15, -0.1) is 0 Å². The Hall–Kier alpha value is -1.48. The van der Waals surface area contributed by atoms with Crippen molar-refractivity contribution >= 4 is 21.7 Å². The van der Waals surface area contributed by atoms with Crippen LogP contribution in [0, 0.1) is 0 Å². The zero-order chi connectivity index (χ0) is 13.7. The summed E-state index contributed by atoms with van der Waals surface area (Å²) < 4.78 is 0.929. The fourth-order valence-electron chi connectivity index (χ4n) is 2.15. The van der Waals surface area contributed by atoms with Crippen LogP contribution in [0.2, 0.25) is 0 Å². The van der Waals surface area contributed by atoms with E-state index in [2.05, 4.69) is 20.9 Å². The summed E-state index contributed by atoms with van der Waals surface area (Å²) in [6.07, 6.45) is 2.94. The molecule has 2 rings (SSSR count). The van der Waals surface area contributed by atoms with E-state index >= 15 is 0 Å². The number of aromatic nitrogens is 1. The zero-order valence-corrected chi connectivity index (χ0v) is 12.4. The molecule has 0 amide bonds. The Balaban J connectivity index is 2.11. The standard InChI is InChI=1S/C16H16BrNO/c1-2-15(12-6-4-3-5-7-12)16(19)10-14-9-8-13(17)11-18-14/h3-9,11,15H,2,10H2,1H3. The zero-order valence-electron chi connectivity index (χ0n) is 10.8. The molecule has 0 spiro atoms. The summed E-state index contributed by atoms with van der Waals surface area (Å²) in [5.41, 5.74) is 1.91. The van der Waals surface area contributed by atoms with Crippen LogP contribution in [0.3, 0.4) is 0 Å². The molecule has 1 atom stereocenters. The normalized spacial score (nSPS) is 12.1. The largest absolute Gasteiger partial charge is 0.299 e. The van der Waals surface area contributed by atoms with Crippen LogP contribution in [-0.4, -0.2) is 10.8 Å². The first-order valence-corrected chi connectivity index (χ1v) is 7.18. The highest BCUT2D eigenvalue weighted by Gasteiger charge is 2.18. The fraction of sp³-hybridized carbons (Fsp3) is 0.250. The average Bonchev–Trinajstić information content (AvgIpc) is 2.43. The first-order chi connectivity index (χ1) is 9.20. The van der Waals surface area contributed by atoms with E-state index in [-0.39, 0.29) is 11.7 Å². The van der Waals surface area contributed by atoms with E-state index in [0.717, 1.165) is 22.2 Å². The molecule has 0 fully saturated rings. The lowest BCUT2D eigenvalue weighted by Gasteiger charge is -2.13. The highest BCUT2D eigenvalue weighted by Crippen LogP contribution is 2.22. The SMILES string of the molecule is CCC(C(=O)Cc1ccc(Br)cn1)c1ccccc1. The predicted octanol–water partition coefficient (Wildman–Crippen LogP) is 4.15. The lowest BCUT2D eigenvalue weighted by Crippen LogP contribution is -2.15. The van der Waals surface area contributed by atoms with E-state index in [4.69, 9.17) is 0 Å². The van der Waals surface area contributed by atoms with Gasteiger partial charge in [-0.05, 0) is 40.0 Å². The lowest BCUT2D eigenvalue weighted by atomic mass is 9.90. The van der Waals surface area contributed by atoms with Gasteiger partial charge >= 0.3 is 0 Å². The molecule has 0 aliphatic carbocycles. The summed E-state index contributed by atoms with van der Waals surface area (Å²) in [6, 6.07) is 13.8. The van der Waals surface area contributed by atoms with Crippen molar-refractivity contribution in [3.05, 3.63) is 64.4 Å². The number of halogens is 1. The van der Waals surface area contributed by atoms with Crippen molar-refractivity contribution in [2.75, 3.05) is 0 Å². The monoisotopic (exact) mass is 317 g/mol. The Morgan fingerprint density at radius 2 is 1.95 bits per heavy atom. The van der Waals surface area contributed by atoms with E-state index in [1.807, 2.05) is 49.4 Å². The third kappa shape index (κ3) is 3.74. The van der Waals surface area contributed by atoms with Gasteiger partial charge in [0.1, 0.15) is 5.78 Å². The molecule has 2 aromatic rings. The second-order valence-corrected chi connectivity index (χ2v) is 5.40. The second kappa shape index (κ2) is 6.62. The number of rotatable bonds is 5. The molecule has 0 radical (unpaired) electrons. The average molecular weight is 318 g/mol. The summed E-state index contributed by atoms with van der Waals surface area (Å²) in [5, 5.41) is 0. The number of carbonyl (C=O) groups is 1. The number of benzene rings is 1. The van der Waals surface area contributed by atoms with Crippen LogP contribution in [0.15, 0.2) is 53.1 Å². The van der Waals surface area contributed by atoms with Gasteiger partial charge in [0.25, 0.3) is 0 Å². The van der Waals surface area contributed by atoms with Gasteiger partial charge in [0.15, 0.2) is 0 Å². The molecule has 1 unspecified atom stereocenters. The van der Waals surface area contributed by atoms with Crippen LogP contribution in [-0.2, 0) is 11.2 Å². The van der Waals surface area contributed by atoms with Crippen LogP contribution in [0.25, 0.3) is 0 Å². The summed E-state index contributed by atoms with van der Waals surface area (Å²) in [7, 11) is 0. The molecule has 0 aliphatic heterocycles. The molecule has 0 saturated heterocycles. The Labute approximate surface area is 122 Å². The van der Waals surface area contributed by atoms with Crippen molar-refractivity contribution < 1.29 is 4.79 Å². The van der Waals surface area contributed by atoms with Crippen molar-refractivity contribution in [2.24, 2.45) is 0 Å². The van der Waals surface area contributed by atoms with Gasteiger partial charge in [-0.2, -0.15) is 0 Å². The first-order valence-electron chi connectivity index (χ1n) is 6.38. The van der Waals surface area contributed by atoms with Gasteiger partial charge in [0.05, 0.1) is 0 Å². The number of carbonyl (C=O) groups excluding carboxylic acids is 1. The maximum atomic E-state index is 12.4. The molecular formula is C16H16BrNO. The minimum Gasteiger partial charge on any atom is -0.299 e. The van der Waals surface area contributed by atoms with E-state index in [9.17, 15) is 4.79 Å². The van der Waals surface area contributed by atoms with Crippen molar-refractivity contribution in [3.63, 3.8) is 0 Å². The Morgan fingerprint density at radius 1 is 1.21 bits per heavy atom. The Kier molecular flexibility index (Phi) is 4.86. The minimum atomic E-state index is -0.0355. The third-order valence-electron chi connectivity index (χ3n) is 3.14. The number of ketones is 1. The summed E-state index contributed by atoms with van der Waals surface area (Å²) in [5.74, 6) is 0.190. The van der Waals surface area contributed by atoms with Gasteiger partial charge in [-0.25, -0.2) is 0 Å². The van der Waals surface area contributed by atoms with E-state index < -0.39 is 0 Å². The van der Waals surface area contributed by atoms with E-state index in [1.165, 1.54) is 0 Å². The molecule has 1 heterocycles. The Morgan fingerprint density at radius 3 is 2.53 bits per heavy atom. The molecule has 98 valence electrons. The van der Waals surface area contributed by atoms with Crippen LogP contribution in [0.1, 0.15) is 30.5 Å². The van der Waals surface area contributed by atoms with Crippen molar-refractivity contribution in [3.8, 4) is 0 Å². The summed E-state index contributed by atoms with van der Waals surface area (Å²) in [6.45, 7) is 2.05. The third-order valence-corrected chi connectivity index (χ3v) is 3.61. The number of nitrogens with zero attached hydrogens (tertiary/aromatic N) is 1. The van der Waals surface area contributed by atoms with E-state index in [1.54, 1.807) is 6.20 Å². The maximum Gasteiger partial charge on any atom is 0.146 e. The molecule has 2 nitrogen and oxygen atoms in total.